The zero-order valence-corrected chi connectivity index (χ0v) is 30.8. The van der Waals surface area contributed by atoms with Crippen LogP contribution in [0.2, 0.25) is 5.02 Å². The summed E-state index contributed by atoms with van der Waals surface area (Å²) in [5.41, 5.74) is 3.44. The third-order valence-electron chi connectivity index (χ3n) is 11.5. The van der Waals surface area contributed by atoms with Crippen molar-refractivity contribution >= 4 is 39.1 Å². The molecule has 270 valence electrons. The number of benzene rings is 2. The average Bonchev–Trinajstić information content (AvgIpc) is 3.52. The summed E-state index contributed by atoms with van der Waals surface area (Å²) in [6.07, 6.45) is 10.6. The molecule has 3 heterocycles. The number of allylic oxidation sites excluding steroid dienone is 1. The van der Waals surface area contributed by atoms with Crippen LogP contribution in [0.25, 0.3) is 0 Å². The van der Waals surface area contributed by atoms with Gasteiger partial charge in [-0.1, -0.05) is 36.7 Å². The molecule has 0 radical (unpaired) electrons. The highest BCUT2D eigenvalue weighted by Crippen LogP contribution is 2.47. The van der Waals surface area contributed by atoms with Crippen molar-refractivity contribution in [2.24, 2.45) is 22.1 Å². The maximum atomic E-state index is 14.5. The quantitative estimate of drug-likeness (QED) is 0.365. The fourth-order valence-corrected chi connectivity index (χ4v) is 10.8. The van der Waals surface area contributed by atoms with E-state index in [0.717, 1.165) is 55.9 Å². The summed E-state index contributed by atoms with van der Waals surface area (Å²) in [5, 5.41) is 0.744. The van der Waals surface area contributed by atoms with Crippen LogP contribution in [0.15, 0.2) is 52.9 Å². The fraction of sp³-hybridized carbons (Fsp3) is 0.579. The van der Waals surface area contributed by atoms with Crippen LogP contribution in [-0.2, 0) is 31.2 Å². The smallest absolute Gasteiger partial charge is 0.329 e. The number of carbonyl (C=O) groups excluding carboxylic acids is 2. The monoisotopic (exact) mass is 724 g/mol. The third-order valence-corrected chi connectivity index (χ3v) is 13.7. The normalized spacial score (nSPS) is 33.3. The van der Waals surface area contributed by atoms with E-state index >= 15 is 0 Å². The van der Waals surface area contributed by atoms with Crippen LogP contribution in [0.3, 0.4) is 0 Å². The molecule has 7 atom stereocenters. The van der Waals surface area contributed by atoms with Crippen LogP contribution in [0.5, 0.6) is 5.75 Å². The van der Waals surface area contributed by atoms with Crippen LogP contribution in [-0.4, -0.2) is 86.0 Å². The molecule has 50 heavy (non-hydrogen) atoms. The summed E-state index contributed by atoms with van der Waals surface area (Å²) in [6.45, 7) is 4.86. The molecule has 2 aromatic rings. The maximum Gasteiger partial charge on any atom is 0.329 e. The Balaban J connectivity index is 1.28. The molecule has 10 nitrogen and oxygen atoms in total. The molecule has 1 saturated heterocycles. The molecule has 0 unspecified atom stereocenters. The van der Waals surface area contributed by atoms with Gasteiger partial charge in [0.25, 0.3) is 5.91 Å². The summed E-state index contributed by atoms with van der Waals surface area (Å²) in [7, 11) is -0.0932. The van der Waals surface area contributed by atoms with Gasteiger partial charge in [-0.3, -0.25) is 9.52 Å². The highest BCUT2D eigenvalue weighted by atomic mass is 35.5. The van der Waals surface area contributed by atoms with Gasteiger partial charge in [0.05, 0.1) is 30.3 Å². The van der Waals surface area contributed by atoms with Crippen molar-refractivity contribution in [1.82, 2.24) is 9.62 Å². The van der Waals surface area contributed by atoms with E-state index < -0.39 is 21.9 Å². The van der Waals surface area contributed by atoms with E-state index in [4.69, 9.17) is 25.8 Å². The highest BCUT2D eigenvalue weighted by molar-refractivity contribution is 7.92. The van der Waals surface area contributed by atoms with Gasteiger partial charge in [0, 0.05) is 56.4 Å². The number of nitrogens with zero attached hydrogens (tertiary/aromatic N) is 3. The fourth-order valence-electron chi connectivity index (χ4n) is 8.67. The molecule has 2 aromatic carbocycles. The number of methoxy groups -OCH3 is 2. The van der Waals surface area contributed by atoms with Crippen molar-refractivity contribution in [3.8, 4) is 5.75 Å². The molecular weight excluding hydrogens is 676 g/mol. The van der Waals surface area contributed by atoms with Gasteiger partial charge in [-0.25, -0.2) is 9.00 Å². The number of amides is 3. The Kier molecular flexibility index (Phi) is 10.2. The lowest BCUT2D eigenvalue weighted by Gasteiger charge is -2.46. The standard InChI is InChI=1S/C38H49ClN4O6S/c1-25-6-4-8-34(48-3)31-12-9-28(31)20-43-23-38(16-5-7-26-18-29(39)11-13-32(26)38)24-49-35-14-10-27(19-33(35)43)36(44)40-50(46,22-25)41-37(45)42-17-15-30(21-42)47-2/h4,8,10-11,13-14,18-19,25,28,30-31,34H,5-7,9,12,15-17,20-24H2,1-3H3,(H,40,41,44,45,46)/b8-4+/t25-,28-,30-,31+,34-,38-,50-/m0/s1. The van der Waals surface area contributed by atoms with Gasteiger partial charge in [-0.15, -0.1) is 4.36 Å². The van der Waals surface area contributed by atoms with E-state index in [1.165, 1.54) is 11.1 Å². The van der Waals surface area contributed by atoms with Crippen molar-refractivity contribution in [2.75, 3.05) is 57.7 Å². The number of likely N-dealkylation sites (tertiary alicyclic amines) is 1. The van der Waals surface area contributed by atoms with Crippen molar-refractivity contribution < 1.29 is 28.0 Å². The van der Waals surface area contributed by atoms with Gasteiger partial charge >= 0.3 is 6.03 Å². The number of urea groups is 1. The first-order valence-corrected chi connectivity index (χ1v) is 20.0. The van der Waals surface area contributed by atoms with Crippen LogP contribution < -0.4 is 14.4 Å². The molecule has 5 aliphatic rings. The summed E-state index contributed by atoms with van der Waals surface area (Å²) in [5.74, 6) is 0.744. The number of carbonyl (C=O) groups is 2. The first-order chi connectivity index (χ1) is 24.1. The van der Waals surface area contributed by atoms with Gasteiger partial charge in [-0.05, 0) is 104 Å². The second-order valence-electron chi connectivity index (χ2n) is 15.0. The molecule has 1 N–H and O–H groups in total. The molecule has 1 spiro atoms. The van der Waals surface area contributed by atoms with E-state index in [0.29, 0.717) is 55.7 Å². The predicted octanol–water partition coefficient (Wildman–Crippen LogP) is 6.40. The van der Waals surface area contributed by atoms with Gasteiger partial charge in [0.15, 0.2) is 0 Å². The zero-order chi connectivity index (χ0) is 35.0. The molecule has 2 bridgehead atoms. The summed E-state index contributed by atoms with van der Waals surface area (Å²) >= 11 is 6.46. The van der Waals surface area contributed by atoms with Crippen molar-refractivity contribution in [1.29, 1.82) is 0 Å². The summed E-state index contributed by atoms with van der Waals surface area (Å²) < 4.78 is 39.6. The minimum atomic E-state index is -3.48. The number of ether oxygens (including phenoxy) is 3. The van der Waals surface area contributed by atoms with Gasteiger partial charge < -0.3 is 24.0 Å². The summed E-state index contributed by atoms with van der Waals surface area (Å²) in [6, 6.07) is 11.1. The Morgan fingerprint density at radius 1 is 1.12 bits per heavy atom. The molecular formula is C38H49ClN4O6S. The van der Waals surface area contributed by atoms with Crippen LogP contribution in [0.1, 0.15) is 66.9 Å². The van der Waals surface area contributed by atoms with E-state index in [-0.39, 0.29) is 29.3 Å². The zero-order valence-electron chi connectivity index (χ0n) is 29.3. The van der Waals surface area contributed by atoms with Crippen molar-refractivity contribution in [3.05, 3.63) is 70.3 Å². The number of aryl methyl sites for hydroxylation is 1. The van der Waals surface area contributed by atoms with E-state index in [1.807, 2.05) is 25.1 Å². The Morgan fingerprint density at radius 3 is 2.74 bits per heavy atom. The lowest BCUT2D eigenvalue weighted by atomic mass is 9.68. The molecule has 2 aliphatic carbocycles. The van der Waals surface area contributed by atoms with E-state index in [1.54, 1.807) is 25.2 Å². The number of fused-ring (bicyclic) bond motifs is 4. The third kappa shape index (κ3) is 7.16. The van der Waals surface area contributed by atoms with E-state index in [2.05, 4.69) is 38.3 Å². The van der Waals surface area contributed by atoms with Crippen LogP contribution >= 0.6 is 11.6 Å². The highest BCUT2D eigenvalue weighted by Gasteiger charge is 2.44. The van der Waals surface area contributed by atoms with Crippen molar-refractivity contribution in [3.63, 3.8) is 0 Å². The number of hydrogen-bond acceptors (Lipinski definition) is 7. The average molecular weight is 725 g/mol. The molecule has 3 amide bonds. The number of halogens is 1. The van der Waals surface area contributed by atoms with E-state index in [9.17, 15) is 13.8 Å². The predicted molar refractivity (Wildman–Crippen MR) is 195 cm³/mol. The Hall–Kier alpha value is -3.12. The van der Waals surface area contributed by atoms with Crippen LogP contribution in [0, 0.1) is 17.8 Å². The largest absolute Gasteiger partial charge is 0.490 e. The number of anilines is 1. The minimum Gasteiger partial charge on any atom is -0.490 e. The Morgan fingerprint density at radius 2 is 1.98 bits per heavy atom. The molecule has 0 aromatic heterocycles. The topological polar surface area (TPSA) is 110 Å². The molecule has 7 rings (SSSR count). The molecule has 2 fully saturated rings. The Bertz CT molecular complexity index is 1780. The maximum absolute atomic E-state index is 14.5. The summed E-state index contributed by atoms with van der Waals surface area (Å²) in [4.78, 5) is 31.3. The lowest BCUT2D eigenvalue weighted by Crippen LogP contribution is -2.49. The number of hydrogen-bond donors (Lipinski definition) is 1. The van der Waals surface area contributed by atoms with Gasteiger partial charge in [0.2, 0.25) is 0 Å². The van der Waals surface area contributed by atoms with Gasteiger partial charge in [0.1, 0.15) is 15.7 Å². The Labute approximate surface area is 301 Å². The number of nitrogens with one attached hydrogen (secondary N) is 1. The molecule has 1 saturated carbocycles. The van der Waals surface area contributed by atoms with Crippen molar-refractivity contribution in [2.45, 2.75) is 69.5 Å². The second-order valence-corrected chi connectivity index (χ2v) is 17.4. The van der Waals surface area contributed by atoms with Gasteiger partial charge in [-0.2, -0.15) is 0 Å². The first kappa shape index (κ1) is 35.3. The first-order valence-electron chi connectivity index (χ1n) is 18.0. The molecule has 12 heteroatoms. The SMILES string of the molecule is CO[C@H]1CCN(C(=O)N[S@@]2(=O)=NC(=O)c3ccc4c(c3)N(C[C@@H]3CC[C@H]3[C@@H](OC)/C=C/C[C@H](C)C2)C[C@@]2(CCCc3cc(Cl)ccc32)CO4)C1. The van der Waals surface area contributed by atoms with Crippen LogP contribution in [0.4, 0.5) is 10.5 Å². The second kappa shape index (κ2) is 14.5. The minimum absolute atomic E-state index is 0.0339. The molecule has 3 aliphatic heterocycles. The lowest BCUT2D eigenvalue weighted by molar-refractivity contribution is 0.0131. The number of rotatable bonds is 3.